The van der Waals surface area contributed by atoms with Crippen LogP contribution in [-0.4, -0.2) is 31.5 Å². The van der Waals surface area contributed by atoms with Gasteiger partial charge in [0.2, 0.25) is 6.79 Å². The molecule has 1 atom stereocenters. The molecule has 7 rings (SSSR count). The maximum atomic E-state index is 14.2. The zero-order chi connectivity index (χ0) is 33.2. The molecule has 242 valence electrons. The van der Waals surface area contributed by atoms with Gasteiger partial charge in [-0.25, -0.2) is 4.99 Å². The van der Waals surface area contributed by atoms with Crippen LogP contribution in [-0.2, 0) is 11.4 Å². The zero-order valence-corrected chi connectivity index (χ0v) is 27.2. The van der Waals surface area contributed by atoms with Crippen LogP contribution < -0.4 is 43.9 Å². The lowest BCUT2D eigenvalue weighted by Gasteiger charge is -2.25. The molecule has 0 unspecified atom stereocenters. The van der Waals surface area contributed by atoms with Crippen molar-refractivity contribution in [2.45, 2.75) is 19.6 Å². The predicted octanol–water partition coefficient (Wildman–Crippen LogP) is 5.20. The van der Waals surface area contributed by atoms with E-state index in [2.05, 4.69) is 5.32 Å². The molecule has 0 fully saturated rings. The van der Waals surface area contributed by atoms with Crippen molar-refractivity contribution in [2.24, 2.45) is 4.99 Å². The Morgan fingerprint density at radius 1 is 0.958 bits per heavy atom. The molecule has 0 bridgehead atoms. The summed E-state index contributed by atoms with van der Waals surface area (Å²) in [6.07, 6.45) is 1.79. The Kier molecular flexibility index (Phi) is 8.43. The van der Waals surface area contributed by atoms with E-state index in [9.17, 15) is 9.59 Å². The van der Waals surface area contributed by atoms with Gasteiger partial charge in [-0.1, -0.05) is 53.8 Å². The molecule has 10 nitrogen and oxygen atoms in total. The SMILES string of the molecule is COc1cccc([C@H]2C(C(=O)Nc3ccccc3)=C(C)N=c3s/c(=C\c4ccc(OCc5ccc6c(c5)OCO6)c(OC)c4)c(=O)n32)c1. The lowest BCUT2D eigenvalue weighted by atomic mass is 9.95. The maximum Gasteiger partial charge on any atom is 0.271 e. The Labute approximate surface area is 279 Å². The van der Waals surface area contributed by atoms with E-state index >= 15 is 0 Å². The predicted molar refractivity (Wildman–Crippen MR) is 182 cm³/mol. The van der Waals surface area contributed by atoms with Gasteiger partial charge in [-0.05, 0) is 78.2 Å². The number of amides is 1. The molecule has 0 saturated heterocycles. The number of ether oxygens (including phenoxy) is 5. The van der Waals surface area contributed by atoms with Gasteiger partial charge in [0.1, 0.15) is 12.4 Å². The minimum atomic E-state index is -0.733. The van der Waals surface area contributed by atoms with Crippen LogP contribution in [0.2, 0.25) is 0 Å². The van der Waals surface area contributed by atoms with Crippen LogP contribution in [0.4, 0.5) is 5.69 Å². The molecule has 48 heavy (non-hydrogen) atoms. The second-order valence-electron chi connectivity index (χ2n) is 11.1. The van der Waals surface area contributed by atoms with Gasteiger partial charge in [0.15, 0.2) is 27.8 Å². The summed E-state index contributed by atoms with van der Waals surface area (Å²) in [6.45, 7) is 2.30. The molecule has 2 aliphatic heterocycles. The van der Waals surface area contributed by atoms with Crippen molar-refractivity contribution in [3.05, 3.63) is 139 Å². The number of anilines is 1. The third-order valence-electron chi connectivity index (χ3n) is 8.02. The number of rotatable bonds is 9. The molecule has 5 aromatic rings. The molecule has 0 aliphatic carbocycles. The lowest BCUT2D eigenvalue weighted by molar-refractivity contribution is -0.113. The summed E-state index contributed by atoms with van der Waals surface area (Å²) < 4.78 is 30.1. The van der Waals surface area contributed by atoms with Gasteiger partial charge in [-0.3, -0.25) is 14.2 Å². The second kappa shape index (κ2) is 13.1. The first kappa shape index (κ1) is 30.8. The van der Waals surface area contributed by atoms with Crippen LogP contribution >= 0.6 is 11.3 Å². The first-order valence-electron chi connectivity index (χ1n) is 15.1. The van der Waals surface area contributed by atoms with E-state index in [4.69, 9.17) is 28.7 Å². The van der Waals surface area contributed by atoms with E-state index in [1.165, 1.54) is 11.3 Å². The van der Waals surface area contributed by atoms with Crippen LogP contribution in [0.3, 0.4) is 0 Å². The van der Waals surface area contributed by atoms with Crippen LogP contribution in [0.15, 0.2) is 112 Å². The third-order valence-corrected chi connectivity index (χ3v) is 9.01. The number of hydrogen-bond donors (Lipinski definition) is 1. The van der Waals surface area contributed by atoms with Crippen molar-refractivity contribution in [1.82, 2.24) is 4.57 Å². The fourth-order valence-corrected chi connectivity index (χ4v) is 6.74. The van der Waals surface area contributed by atoms with E-state index in [0.717, 1.165) is 16.7 Å². The third kappa shape index (κ3) is 6.03. The minimum Gasteiger partial charge on any atom is -0.497 e. The molecule has 0 spiro atoms. The number of allylic oxidation sites excluding steroid dienone is 1. The van der Waals surface area contributed by atoms with Gasteiger partial charge in [0.25, 0.3) is 11.5 Å². The number of aromatic nitrogens is 1. The zero-order valence-electron chi connectivity index (χ0n) is 26.4. The number of nitrogens with one attached hydrogen (secondary N) is 1. The highest BCUT2D eigenvalue weighted by molar-refractivity contribution is 7.07. The Hall–Kier alpha value is -5.81. The largest absolute Gasteiger partial charge is 0.497 e. The summed E-state index contributed by atoms with van der Waals surface area (Å²) in [4.78, 5) is 33.2. The number of benzene rings is 4. The number of para-hydroxylation sites is 1. The maximum absolute atomic E-state index is 14.2. The van der Waals surface area contributed by atoms with Crippen molar-refractivity contribution in [2.75, 3.05) is 26.3 Å². The summed E-state index contributed by atoms with van der Waals surface area (Å²) >= 11 is 1.26. The highest BCUT2D eigenvalue weighted by Crippen LogP contribution is 2.35. The first-order chi connectivity index (χ1) is 23.4. The number of carbonyl (C=O) groups is 1. The molecule has 1 aromatic heterocycles. The molecule has 11 heteroatoms. The van der Waals surface area contributed by atoms with Gasteiger partial charge >= 0.3 is 0 Å². The summed E-state index contributed by atoms with van der Waals surface area (Å²) in [5.74, 6) is 2.74. The molecule has 4 aromatic carbocycles. The van der Waals surface area contributed by atoms with Crippen LogP contribution in [0.1, 0.15) is 29.7 Å². The summed E-state index contributed by atoms with van der Waals surface area (Å²) in [5.41, 5.74) is 3.65. The lowest BCUT2D eigenvalue weighted by Crippen LogP contribution is -2.40. The van der Waals surface area contributed by atoms with Crippen molar-refractivity contribution in [1.29, 1.82) is 0 Å². The quantitative estimate of drug-likeness (QED) is 0.231. The molecule has 3 heterocycles. The molecule has 2 aliphatic rings. The number of carbonyl (C=O) groups excluding carboxylic acids is 1. The van der Waals surface area contributed by atoms with E-state index in [1.807, 2.05) is 91.0 Å². The Bertz CT molecular complexity index is 2240. The van der Waals surface area contributed by atoms with Crippen LogP contribution in [0, 0.1) is 0 Å². The van der Waals surface area contributed by atoms with Crippen LogP contribution in [0.5, 0.6) is 28.7 Å². The Morgan fingerprint density at radius 3 is 2.60 bits per heavy atom. The number of nitrogens with zero attached hydrogens (tertiary/aromatic N) is 2. The molecular formula is C37H31N3O7S. The van der Waals surface area contributed by atoms with Gasteiger partial charge in [0, 0.05) is 5.69 Å². The highest BCUT2D eigenvalue weighted by Gasteiger charge is 2.33. The van der Waals surface area contributed by atoms with Crippen molar-refractivity contribution < 1.29 is 28.5 Å². The van der Waals surface area contributed by atoms with Gasteiger partial charge in [0.05, 0.1) is 36.1 Å². The monoisotopic (exact) mass is 661 g/mol. The van der Waals surface area contributed by atoms with Crippen molar-refractivity contribution in [3.63, 3.8) is 0 Å². The highest BCUT2D eigenvalue weighted by atomic mass is 32.1. The van der Waals surface area contributed by atoms with Crippen molar-refractivity contribution in [3.8, 4) is 28.7 Å². The van der Waals surface area contributed by atoms with E-state index < -0.39 is 6.04 Å². The number of thiazole rings is 1. The summed E-state index contributed by atoms with van der Waals surface area (Å²) in [6, 6.07) is 27.0. The topological polar surface area (TPSA) is 110 Å². The first-order valence-corrected chi connectivity index (χ1v) is 16.0. The van der Waals surface area contributed by atoms with Crippen LogP contribution in [0.25, 0.3) is 6.08 Å². The molecule has 0 radical (unpaired) electrons. The normalized spacial score (nSPS) is 15.1. The van der Waals surface area contributed by atoms with E-state index in [0.29, 0.717) is 61.6 Å². The number of methoxy groups -OCH3 is 2. The van der Waals surface area contributed by atoms with Gasteiger partial charge < -0.3 is 29.0 Å². The fourth-order valence-electron chi connectivity index (χ4n) is 5.70. The molecule has 0 saturated carbocycles. The smallest absolute Gasteiger partial charge is 0.271 e. The van der Waals surface area contributed by atoms with E-state index in [1.54, 1.807) is 31.8 Å². The fraction of sp³-hybridized carbons (Fsp3) is 0.162. The minimum absolute atomic E-state index is 0.207. The average Bonchev–Trinajstić information content (AvgIpc) is 3.70. The molecular weight excluding hydrogens is 630 g/mol. The molecule has 1 N–H and O–H groups in total. The average molecular weight is 662 g/mol. The summed E-state index contributed by atoms with van der Waals surface area (Å²) in [5, 5.41) is 2.97. The summed E-state index contributed by atoms with van der Waals surface area (Å²) in [7, 11) is 3.15. The van der Waals surface area contributed by atoms with Crippen molar-refractivity contribution >= 4 is 29.0 Å². The Balaban J connectivity index is 1.23. The molecule has 1 amide bonds. The number of hydrogen-bond acceptors (Lipinski definition) is 9. The standard InChI is InChI=1S/C37H31N3O7S/c1-22-33(35(41)39-26-9-5-4-6-10-26)34(25-8-7-11-27(19-25)43-2)40-36(42)32(48-37(40)38-22)18-23-12-14-28(30(16-23)44-3)45-20-24-13-15-29-31(17-24)47-21-46-29/h4-19,34H,20-21H2,1-3H3,(H,39,41)/b32-18-/t34-/m0/s1. The van der Waals surface area contributed by atoms with E-state index in [-0.39, 0.29) is 18.3 Å². The Morgan fingerprint density at radius 2 is 1.79 bits per heavy atom. The second-order valence-corrected chi connectivity index (χ2v) is 12.1. The van der Waals surface area contributed by atoms with Gasteiger partial charge in [-0.2, -0.15) is 0 Å². The van der Waals surface area contributed by atoms with Gasteiger partial charge in [-0.15, -0.1) is 0 Å². The number of fused-ring (bicyclic) bond motifs is 2.